The number of nitrogens with zero attached hydrogens (tertiary/aromatic N) is 5. The van der Waals surface area contributed by atoms with Crippen molar-refractivity contribution in [1.82, 2.24) is 19.9 Å². The van der Waals surface area contributed by atoms with E-state index in [-0.39, 0.29) is 5.91 Å². The van der Waals surface area contributed by atoms with Crippen molar-refractivity contribution in [3.63, 3.8) is 0 Å². The number of likely N-dealkylation sites (tertiary alicyclic amines) is 1. The summed E-state index contributed by atoms with van der Waals surface area (Å²) in [6, 6.07) is 8.56. The van der Waals surface area contributed by atoms with Gasteiger partial charge in [0.15, 0.2) is 0 Å². The van der Waals surface area contributed by atoms with Gasteiger partial charge in [-0.1, -0.05) is 26.8 Å². The summed E-state index contributed by atoms with van der Waals surface area (Å²) in [7, 11) is 0. The largest absolute Gasteiger partial charge is 0.336 e. The van der Waals surface area contributed by atoms with Crippen molar-refractivity contribution in [1.29, 1.82) is 0 Å². The molecule has 2 aliphatic rings. The van der Waals surface area contributed by atoms with Crippen LogP contribution in [0.3, 0.4) is 0 Å². The number of amides is 1. The molecule has 7 heteroatoms. The van der Waals surface area contributed by atoms with Crippen LogP contribution in [0, 0.1) is 12.8 Å². The van der Waals surface area contributed by atoms with E-state index in [1.54, 1.807) is 11.3 Å². The second kappa shape index (κ2) is 8.52. The van der Waals surface area contributed by atoms with E-state index in [1.165, 1.54) is 0 Å². The molecule has 6 nitrogen and oxygen atoms in total. The van der Waals surface area contributed by atoms with Crippen molar-refractivity contribution in [2.45, 2.75) is 53.0 Å². The molecule has 2 unspecified atom stereocenters. The topological polar surface area (TPSA) is 61.7 Å². The number of aryl methyl sites for hydroxylation is 2. The molecule has 0 saturated carbocycles. The molecule has 2 atom stereocenters. The zero-order valence-corrected chi connectivity index (χ0v) is 20.8. The molecule has 0 spiro atoms. The summed E-state index contributed by atoms with van der Waals surface area (Å²) < 4.78 is 1.07. The third kappa shape index (κ3) is 3.82. The fourth-order valence-corrected chi connectivity index (χ4v) is 5.98. The predicted molar refractivity (Wildman–Crippen MR) is 135 cm³/mol. The molecule has 1 amide bonds. The molecule has 3 aromatic rings. The number of benzene rings is 1. The molecule has 0 N–H and O–H groups in total. The predicted octanol–water partition coefficient (Wildman–Crippen LogP) is 5.11. The van der Waals surface area contributed by atoms with E-state index in [0.717, 1.165) is 69.4 Å². The zero-order valence-electron chi connectivity index (χ0n) is 20.0. The minimum atomic E-state index is 0.0922. The van der Waals surface area contributed by atoms with Crippen LogP contribution in [0.15, 0.2) is 29.4 Å². The van der Waals surface area contributed by atoms with Crippen LogP contribution in [-0.4, -0.2) is 57.7 Å². The Hall–Kier alpha value is -2.80. The number of hydrazone groups is 1. The second-order valence-corrected chi connectivity index (χ2v) is 10.4. The first-order valence-corrected chi connectivity index (χ1v) is 12.7. The van der Waals surface area contributed by atoms with Crippen molar-refractivity contribution in [3.05, 3.63) is 46.2 Å². The van der Waals surface area contributed by atoms with E-state index < -0.39 is 0 Å². The number of carbonyl (C=O) groups is 1. The quantitative estimate of drug-likeness (QED) is 0.529. The van der Waals surface area contributed by atoms with E-state index >= 15 is 0 Å². The Bertz CT molecular complexity index is 1250. The van der Waals surface area contributed by atoms with Crippen molar-refractivity contribution >= 4 is 33.7 Å². The molecule has 4 heterocycles. The van der Waals surface area contributed by atoms with Crippen molar-refractivity contribution < 1.29 is 4.79 Å². The van der Waals surface area contributed by atoms with Gasteiger partial charge in [-0.15, -0.1) is 11.3 Å². The molecule has 5 rings (SSSR count). The summed E-state index contributed by atoms with van der Waals surface area (Å²) in [6.07, 6.45) is 2.85. The molecule has 1 fully saturated rings. The number of likely N-dealkylation sites (N-methyl/N-ethyl adjacent to an activating group) is 1. The lowest BCUT2D eigenvalue weighted by molar-refractivity contribution is 0.0777. The standard InChI is InChI=1S/C26H31N5OS/c1-6-21-19(9-8-16(5)28-21)20-10-17(11-23-24(20)29-25(33-23)15(3)4)26(32)30-13-18-12-27-31(7-2)22(18)14-30/h8-12,15,18,22H,6-7,13-14H2,1-5H3. The molecule has 0 aliphatic carbocycles. The lowest BCUT2D eigenvalue weighted by Gasteiger charge is -2.22. The number of fused-ring (bicyclic) bond motifs is 2. The van der Waals surface area contributed by atoms with Gasteiger partial charge in [-0.25, -0.2) is 4.98 Å². The van der Waals surface area contributed by atoms with Gasteiger partial charge in [0.25, 0.3) is 5.91 Å². The normalized spacial score (nSPS) is 19.8. The first-order valence-electron chi connectivity index (χ1n) is 11.9. The summed E-state index contributed by atoms with van der Waals surface area (Å²) >= 11 is 1.69. The van der Waals surface area contributed by atoms with Gasteiger partial charge in [-0.3, -0.25) is 14.8 Å². The third-order valence-electron chi connectivity index (χ3n) is 6.72. The molecule has 2 aromatic heterocycles. The van der Waals surface area contributed by atoms with Crippen LogP contribution in [-0.2, 0) is 6.42 Å². The Morgan fingerprint density at radius 1 is 1.15 bits per heavy atom. The van der Waals surface area contributed by atoms with Crippen LogP contribution in [0.2, 0.25) is 0 Å². The molecule has 1 saturated heterocycles. The molecule has 2 aliphatic heterocycles. The second-order valence-electron chi connectivity index (χ2n) is 9.34. The maximum atomic E-state index is 13.7. The number of carbonyl (C=O) groups excluding carboxylic acids is 1. The number of pyridine rings is 1. The highest BCUT2D eigenvalue weighted by Gasteiger charge is 2.40. The Kier molecular flexibility index (Phi) is 5.69. The molecular formula is C26H31N5OS. The number of hydrogen-bond acceptors (Lipinski definition) is 6. The monoisotopic (exact) mass is 461 g/mol. The lowest BCUT2D eigenvalue weighted by Crippen LogP contribution is -2.35. The summed E-state index contributed by atoms with van der Waals surface area (Å²) in [5, 5.41) is 7.71. The first kappa shape index (κ1) is 22.0. The molecule has 0 bridgehead atoms. The minimum Gasteiger partial charge on any atom is -0.336 e. The van der Waals surface area contributed by atoms with Gasteiger partial charge >= 0.3 is 0 Å². The summed E-state index contributed by atoms with van der Waals surface area (Å²) in [6.45, 7) is 12.9. The van der Waals surface area contributed by atoms with Crippen LogP contribution in [0.4, 0.5) is 0 Å². The fourth-order valence-electron chi connectivity index (χ4n) is 4.94. The highest BCUT2D eigenvalue weighted by Crippen LogP contribution is 2.37. The van der Waals surface area contributed by atoms with E-state index in [4.69, 9.17) is 9.97 Å². The van der Waals surface area contributed by atoms with Gasteiger partial charge in [0.05, 0.1) is 21.3 Å². The van der Waals surface area contributed by atoms with Gasteiger partial charge in [0.1, 0.15) is 0 Å². The van der Waals surface area contributed by atoms with Gasteiger partial charge in [-0.05, 0) is 38.5 Å². The van der Waals surface area contributed by atoms with Crippen molar-refractivity contribution in [2.24, 2.45) is 11.0 Å². The molecular weight excluding hydrogens is 430 g/mol. The van der Waals surface area contributed by atoms with E-state index in [1.807, 2.05) is 36.2 Å². The molecule has 33 heavy (non-hydrogen) atoms. The number of aromatic nitrogens is 2. The van der Waals surface area contributed by atoms with Gasteiger partial charge < -0.3 is 4.90 Å². The first-order chi connectivity index (χ1) is 15.9. The molecule has 1 aromatic carbocycles. The van der Waals surface area contributed by atoms with Crippen LogP contribution < -0.4 is 0 Å². The summed E-state index contributed by atoms with van der Waals surface area (Å²) in [4.78, 5) is 25.5. The van der Waals surface area contributed by atoms with Gasteiger partial charge in [0, 0.05) is 65.8 Å². The molecule has 172 valence electrons. The Balaban J connectivity index is 1.59. The maximum absolute atomic E-state index is 13.7. The average molecular weight is 462 g/mol. The maximum Gasteiger partial charge on any atom is 0.254 e. The van der Waals surface area contributed by atoms with Crippen LogP contribution >= 0.6 is 11.3 Å². The van der Waals surface area contributed by atoms with Crippen LogP contribution in [0.25, 0.3) is 21.3 Å². The minimum absolute atomic E-state index is 0.0922. The highest BCUT2D eigenvalue weighted by atomic mass is 32.1. The smallest absolute Gasteiger partial charge is 0.254 e. The number of hydrogen-bond donors (Lipinski definition) is 0. The van der Waals surface area contributed by atoms with Crippen LogP contribution in [0.1, 0.15) is 60.4 Å². The summed E-state index contributed by atoms with van der Waals surface area (Å²) in [5.41, 5.74) is 5.85. The van der Waals surface area contributed by atoms with E-state index in [9.17, 15) is 4.79 Å². The van der Waals surface area contributed by atoms with E-state index in [2.05, 4.69) is 43.9 Å². The van der Waals surface area contributed by atoms with Gasteiger partial charge in [-0.2, -0.15) is 5.10 Å². The number of thiazole rings is 1. The van der Waals surface area contributed by atoms with Crippen molar-refractivity contribution in [3.8, 4) is 11.1 Å². The Morgan fingerprint density at radius 3 is 2.70 bits per heavy atom. The average Bonchev–Trinajstić information content (AvgIpc) is 3.51. The summed E-state index contributed by atoms with van der Waals surface area (Å²) in [5.74, 6) is 0.754. The zero-order chi connectivity index (χ0) is 23.3. The Morgan fingerprint density at radius 2 is 1.97 bits per heavy atom. The lowest BCUT2D eigenvalue weighted by atomic mass is 9.98. The fraction of sp³-hybridized carbons (Fsp3) is 0.462. The number of rotatable bonds is 5. The SMILES string of the molecule is CCc1nc(C)ccc1-c1cc(C(=O)N2CC3C=NN(CC)C3C2)cc2sc(C(C)C)nc12. The van der Waals surface area contributed by atoms with E-state index in [0.29, 0.717) is 17.9 Å². The molecule has 0 radical (unpaired) electrons. The Labute approximate surface area is 199 Å². The van der Waals surface area contributed by atoms with Crippen LogP contribution in [0.5, 0.6) is 0 Å². The van der Waals surface area contributed by atoms with Crippen molar-refractivity contribution in [2.75, 3.05) is 19.6 Å². The third-order valence-corrected chi connectivity index (χ3v) is 8.03. The highest BCUT2D eigenvalue weighted by molar-refractivity contribution is 7.18. The van der Waals surface area contributed by atoms with Gasteiger partial charge in [0.2, 0.25) is 0 Å².